The van der Waals surface area contributed by atoms with Crippen molar-refractivity contribution >= 4 is 17.4 Å². The van der Waals surface area contributed by atoms with Crippen molar-refractivity contribution in [2.75, 3.05) is 11.1 Å². The lowest BCUT2D eigenvalue weighted by molar-refractivity contribution is -0.137. The third-order valence-corrected chi connectivity index (χ3v) is 2.45. The number of carbonyl (C=O) groups excluding carboxylic acids is 1. The summed E-state index contributed by atoms with van der Waals surface area (Å²) in [6.45, 7) is 0. The molecule has 0 bridgehead atoms. The van der Waals surface area contributed by atoms with E-state index in [1.54, 1.807) is 0 Å². The molecule has 1 aromatic carbocycles. The van der Waals surface area contributed by atoms with Gasteiger partial charge in [0.2, 0.25) is 0 Å². The second-order valence-electron chi connectivity index (χ2n) is 3.85. The van der Waals surface area contributed by atoms with Crippen LogP contribution in [0.15, 0.2) is 24.4 Å². The zero-order valence-electron chi connectivity index (χ0n) is 9.75. The summed E-state index contributed by atoms with van der Waals surface area (Å²) in [5, 5.41) is 7.96. The van der Waals surface area contributed by atoms with Crippen molar-refractivity contribution in [3.05, 3.63) is 41.3 Å². The van der Waals surface area contributed by atoms with Gasteiger partial charge in [0.15, 0.2) is 5.82 Å². The van der Waals surface area contributed by atoms with Gasteiger partial charge in [-0.1, -0.05) is 0 Å². The lowest BCUT2D eigenvalue weighted by Gasteiger charge is -2.09. The van der Waals surface area contributed by atoms with Crippen LogP contribution in [0, 0.1) is 5.82 Å². The maximum atomic E-state index is 13.5. The average Bonchev–Trinajstić information content (AvgIpc) is 2.74. The molecule has 0 radical (unpaired) electrons. The predicted octanol–water partition coefficient (Wildman–Crippen LogP) is 2.40. The number of nitrogens with zero attached hydrogens (tertiary/aromatic N) is 1. The van der Waals surface area contributed by atoms with Crippen molar-refractivity contribution in [2.24, 2.45) is 0 Å². The maximum Gasteiger partial charge on any atom is 0.416 e. The predicted molar refractivity (Wildman–Crippen MR) is 62.4 cm³/mol. The lowest BCUT2D eigenvalue weighted by Crippen LogP contribution is -2.16. The number of nitrogens with two attached hydrogens (primary N) is 1. The third kappa shape index (κ3) is 2.71. The number of amides is 1. The number of aromatic nitrogens is 2. The molecule has 9 heteroatoms. The fourth-order valence-corrected chi connectivity index (χ4v) is 1.45. The standard InChI is InChI=1S/C11H8F4N4O/c12-7-2-1-5(11(13,14)15)3-6(7)10(20)18-9-8(16)4-17-19-9/h1-4H,16H2,(H2,17,18,19,20). The average molecular weight is 288 g/mol. The number of carbonyl (C=O) groups is 1. The Morgan fingerprint density at radius 2 is 2.05 bits per heavy atom. The van der Waals surface area contributed by atoms with Crippen LogP contribution < -0.4 is 11.1 Å². The van der Waals surface area contributed by atoms with E-state index in [1.807, 2.05) is 0 Å². The van der Waals surface area contributed by atoms with E-state index in [-0.39, 0.29) is 11.5 Å². The second-order valence-corrected chi connectivity index (χ2v) is 3.85. The van der Waals surface area contributed by atoms with Crippen LogP contribution in [0.5, 0.6) is 0 Å². The summed E-state index contributed by atoms with van der Waals surface area (Å²) in [6.07, 6.45) is -3.48. The van der Waals surface area contributed by atoms with Gasteiger partial charge in [-0.3, -0.25) is 9.89 Å². The first-order chi connectivity index (χ1) is 9.29. The zero-order valence-corrected chi connectivity index (χ0v) is 9.75. The fourth-order valence-electron chi connectivity index (χ4n) is 1.45. The van der Waals surface area contributed by atoms with Crippen LogP contribution in [0.2, 0.25) is 0 Å². The summed E-state index contributed by atoms with van der Waals surface area (Å²) in [4.78, 5) is 11.7. The molecule has 1 heterocycles. The SMILES string of the molecule is Nc1cn[nH]c1NC(=O)c1cc(C(F)(F)F)ccc1F. The van der Waals surface area contributed by atoms with Crippen molar-refractivity contribution in [3.63, 3.8) is 0 Å². The van der Waals surface area contributed by atoms with Crippen LogP contribution in [-0.4, -0.2) is 16.1 Å². The molecule has 106 valence electrons. The number of hydrogen-bond acceptors (Lipinski definition) is 3. The van der Waals surface area contributed by atoms with E-state index in [2.05, 4.69) is 15.5 Å². The van der Waals surface area contributed by atoms with Gasteiger partial charge in [-0.15, -0.1) is 0 Å². The van der Waals surface area contributed by atoms with Crippen LogP contribution >= 0.6 is 0 Å². The topological polar surface area (TPSA) is 83.8 Å². The van der Waals surface area contributed by atoms with Crippen molar-refractivity contribution < 1.29 is 22.4 Å². The summed E-state index contributed by atoms with van der Waals surface area (Å²) >= 11 is 0. The minimum absolute atomic E-state index is 0.0215. The molecule has 0 spiro atoms. The Morgan fingerprint density at radius 1 is 1.35 bits per heavy atom. The van der Waals surface area contributed by atoms with Gasteiger partial charge < -0.3 is 11.1 Å². The van der Waals surface area contributed by atoms with Crippen LogP contribution in [0.25, 0.3) is 0 Å². The minimum Gasteiger partial charge on any atom is -0.394 e. The highest BCUT2D eigenvalue weighted by molar-refractivity contribution is 6.05. The van der Waals surface area contributed by atoms with E-state index in [0.29, 0.717) is 18.2 Å². The molecule has 0 aliphatic carbocycles. The minimum atomic E-state index is -4.67. The number of aromatic amines is 1. The highest BCUT2D eigenvalue weighted by atomic mass is 19.4. The molecule has 0 atom stereocenters. The summed E-state index contributed by atoms with van der Waals surface area (Å²) in [5.41, 5.74) is 3.63. The number of nitrogens with one attached hydrogen (secondary N) is 2. The van der Waals surface area contributed by atoms with E-state index in [4.69, 9.17) is 5.73 Å². The molecule has 0 aliphatic rings. The molecule has 2 aromatic rings. The lowest BCUT2D eigenvalue weighted by atomic mass is 10.1. The van der Waals surface area contributed by atoms with E-state index < -0.39 is 29.0 Å². The second kappa shape index (κ2) is 4.83. The van der Waals surface area contributed by atoms with Crippen molar-refractivity contribution in [3.8, 4) is 0 Å². The largest absolute Gasteiger partial charge is 0.416 e. The Bertz CT molecular complexity index is 650. The molecule has 0 unspecified atom stereocenters. The number of rotatable bonds is 2. The van der Waals surface area contributed by atoms with Gasteiger partial charge in [0, 0.05) is 0 Å². The Labute approximate surface area is 109 Å². The molecule has 4 N–H and O–H groups in total. The number of hydrogen-bond donors (Lipinski definition) is 3. The van der Waals surface area contributed by atoms with Crippen LogP contribution in [0.1, 0.15) is 15.9 Å². The summed E-state index contributed by atoms with van der Waals surface area (Å²) < 4.78 is 51.0. The highest BCUT2D eigenvalue weighted by Gasteiger charge is 2.32. The Morgan fingerprint density at radius 3 is 2.60 bits per heavy atom. The number of nitrogen functional groups attached to an aromatic ring is 1. The fraction of sp³-hybridized carbons (Fsp3) is 0.0909. The summed E-state index contributed by atoms with van der Waals surface area (Å²) in [5.74, 6) is -2.16. The smallest absolute Gasteiger partial charge is 0.394 e. The molecule has 1 aromatic heterocycles. The van der Waals surface area contributed by atoms with E-state index >= 15 is 0 Å². The quantitative estimate of drug-likeness (QED) is 0.742. The van der Waals surface area contributed by atoms with Crippen LogP contribution in [0.3, 0.4) is 0 Å². The summed E-state index contributed by atoms with van der Waals surface area (Å²) in [6, 6.07) is 1.56. The zero-order chi connectivity index (χ0) is 14.9. The van der Waals surface area contributed by atoms with Gasteiger partial charge in [0.1, 0.15) is 5.82 Å². The number of alkyl halides is 3. The van der Waals surface area contributed by atoms with Gasteiger partial charge in [-0.2, -0.15) is 18.3 Å². The van der Waals surface area contributed by atoms with E-state index in [9.17, 15) is 22.4 Å². The number of H-pyrrole nitrogens is 1. The third-order valence-electron chi connectivity index (χ3n) is 2.45. The maximum absolute atomic E-state index is 13.5. The first kappa shape index (κ1) is 13.8. The molecule has 0 aliphatic heterocycles. The van der Waals surface area contributed by atoms with Gasteiger partial charge >= 0.3 is 6.18 Å². The Hall–Kier alpha value is -2.58. The monoisotopic (exact) mass is 288 g/mol. The molecule has 2 rings (SSSR count). The first-order valence-electron chi connectivity index (χ1n) is 5.26. The van der Waals surface area contributed by atoms with Gasteiger partial charge in [0.25, 0.3) is 5.91 Å². The molecule has 0 saturated carbocycles. The van der Waals surface area contributed by atoms with E-state index in [0.717, 1.165) is 0 Å². The number of halogens is 4. The van der Waals surface area contributed by atoms with Crippen LogP contribution in [-0.2, 0) is 6.18 Å². The molecule has 5 nitrogen and oxygen atoms in total. The van der Waals surface area contributed by atoms with Crippen molar-refractivity contribution in [1.82, 2.24) is 10.2 Å². The summed E-state index contributed by atoms with van der Waals surface area (Å²) in [7, 11) is 0. The van der Waals surface area contributed by atoms with Gasteiger partial charge in [-0.05, 0) is 18.2 Å². The molecular formula is C11H8F4N4O. The van der Waals surface area contributed by atoms with Gasteiger partial charge in [0.05, 0.1) is 23.0 Å². The van der Waals surface area contributed by atoms with Crippen molar-refractivity contribution in [2.45, 2.75) is 6.18 Å². The van der Waals surface area contributed by atoms with Gasteiger partial charge in [-0.25, -0.2) is 4.39 Å². The molecule has 0 fully saturated rings. The van der Waals surface area contributed by atoms with Crippen molar-refractivity contribution in [1.29, 1.82) is 0 Å². The normalized spacial score (nSPS) is 11.4. The highest BCUT2D eigenvalue weighted by Crippen LogP contribution is 2.30. The molecule has 20 heavy (non-hydrogen) atoms. The molecule has 0 saturated heterocycles. The number of benzene rings is 1. The number of anilines is 2. The van der Waals surface area contributed by atoms with Crippen LogP contribution in [0.4, 0.5) is 29.1 Å². The molecule has 1 amide bonds. The Kier molecular flexibility index (Phi) is 3.35. The van der Waals surface area contributed by atoms with E-state index in [1.165, 1.54) is 6.20 Å². The molecular weight excluding hydrogens is 280 g/mol. The Balaban J connectivity index is 2.32. The first-order valence-corrected chi connectivity index (χ1v) is 5.26.